The average Bonchev–Trinajstić information content (AvgIpc) is 2.28. The number of rotatable bonds is 5. The van der Waals surface area contributed by atoms with E-state index in [0.29, 0.717) is 6.42 Å². The number of allylic oxidation sites excluding steroid dienone is 1. The largest absolute Gasteiger partial charge is 0.481 e. The molecule has 1 saturated carbocycles. The van der Waals surface area contributed by atoms with E-state index in [-0.39, 0.29) is 24.2 Å². The first-order valence-corrected chi connectivity index (χ1v) is 7.22. The van der Waals surface area contributed by atoms with Crippen LogP contribution in [-0.4, -0.2) is 22.6 Å². The highest BCUT2D eigenvalue weighted by molar-refractivity contribution is 5.70. The van der Waals surface area contributed by atoms with Gasteiger partial charge in [-0.3, -0.25) is 9.59 Å². The van der Waals surface area contributed by atoms with E-state index in [1.54, 1.807) is 0 Å². The van der Waals surface area contributed by atoms with Gasteiger partial charge in [0.05, 0.1) is 6.42 Å². The highest BCUT2D eigenvalue weighted by Crippen LogP contribution is 2.44. The van der Waals surface area contributed by atoms with E-state index in [9.17, 15) is 9.59 Å². The fraction of sp³-hybridized carbons (Fsp3) is 0.750. The third kappa shape index (κ3) is 5.76. The van der Waals surface area contributed by atoms with Crippen molar-refractivity contribution in [3.8, 4) is 0 Å². The first kappa shape index (κ1) is 16.7. The molecule has 1 aliphatic carbocycles. The van der Waals surface area contributed by atoms with Gasteiger partial charge >= 0.3 is 11.9 Å². The Balaban J connectivity index is 2.60. The van der Waals surface area contributed by atoms with E-state index in [1.165, 1.54) is 5.57 Å². The minimum atomic E-state index is -0.790. The van der Waals surface area contributed by atoms with Crippen molar-refractivity contribution in [3.63, 3.8) is 0 Å². The first-order valence-electron chi connectivity index (χ1n) is 7.22. The molecule has 114 valence electrons. The van der Waals surface area contributed by atoms with Crippen LogP contribution in [0.1, 0.15) is 65.7 Å². The molecule has 1 N–H and O–H groups in total. The molecule has 0 aliphatic heterocycles. The minimum absolute atomic E-state index is 0.128. The van der Waals surface area contributed by atoms with Crippen LogP contribution in [0.15, 0.2) is 12.2 Å². The monoisotopic (exact) mass is 282 g/mol. The van der Waals surface area contributed by atoms with Crippen LogP contribution in [0.3, 0.4) is 0 Å². The predicted octanol–water partition coefficient (Wildman–Crippen LogP) is 3.70. The number of carboxylic acids is 1. The summed E-state index contributed by atoms with van der Waals surface area (Å²) in [6, 6.07) is 0. The molecule has 4 heteroatoms. The lowest BCUT2D eigenvalue weighted by Crippen LogP contribution is -2.30. The van der Waals surface area contributed by atoms with Gasteiger partial charge in [0.2, 0.25) is 0 Å². The molecule has 0 heterocycles. The fourth-order valence-corrected chi connectivity index (χ4v) is 2.73. The second kappa shape index (κ2) is 6.42. The molecule has 0 aromatic heterocycles. The number of hydrogen-bond donors (Lipinski definition) is 1. The summed E-state index contributed by atoms with van der Waals surface area (Å²) in [6.45, 7) is 9.47. The molecule has 1 fully saturated rings. The van der Waals surface area contributed by atoms with Gasteiger partial charge in [-0.2, -0.15) is 0 Å². The van der Waals surface area contributed by atoms with Gasteiger partial charge in [-0.05, 0) is 58.3 Å². The average molecular weight is 282 g/mol. The molecule has 0 atom stereocenters. The van der Waals surface area contributed by atoms with Crippen molar-refractivity contribution in [3.05, 3.63) is 12.2 Å². The van der Waals surface area contributed by atoms with Gasteiger partial charge in [0.25, 0.3) is 0 Å². The number of esters is 1. The van der Waals surface area contributed by atoms with Gasteiger partial charge < -0.3 is 9.84 Å². The third-order valence-electron chi connectivity index (χ3n) is 3.82. The molecule has 1 aliphatic rings. The number of carbonyl (C=O) groups is 2. The Morgan fingerprint density at radius 3 is 2.30 bits per heavy atom. The Hall–Kier alpha value is -1.32. The van der Waals surface area contributed by atoms with Crippen LogP contribution >= 0.6 is 0 Å². The van der Waals surface area contributed by atoms with E-state index in [4.69, 9.17) is 9.84 Å². The summed E-state index contributed by atoms with van der Waals surface area (Å²) < 4.78 is 5.30. The lowest BCUT2D eigenvalue weighted by atomic mass is 9.68. The Kier molecular flexibility index (Phi) is 5.37. The van der Waals surface area contributed by atoms with Gasteiger partial charge in [-0.25, -0.2) is 0 Å². The topological polar surface area (TPSA) is 63.6 Å². The van der Waals surface area contributed by atoms with E-state index < -0.39 is 11.6 Å². The van der Waals surface area contributed by atoms with Crippen molar-refractivity contribution in [2.75, 3.05) is 0 Å². The second-order valence-corrected chi connectivity index (χ2v) is 6.91. The van der Waals surface area contributed by atoms with Gasteiger partial charge in [0.15, 0.2) is 0 Å². The maximum atomic E-state index is 11.8. The predicted molar refractivity (Wildman–Crippen MR) is 77.4 cm³/mol. The highest BCUT2D eigenvalue weighted by atomic mass is 16.6. The number of hydrogen-bond acceptors (Lipinski definition) is 3. The summed E-state index contributed by atoms with van der Waals surface area (Å²) in [7, 11) is 0. The third-order valence-corrected chi connectivity index (χ3v) is 3.82. The molecule has 0 saturated heterocycles. The lowest BCUT2D eigenvalue weighted by Gasteiger charge is -2.37. The number of ether oxygens (including phenoxy) is 1. The number of aliphatic carboxylic acids is 1. The SMILES string of the molecule is C=C1CCC(CCC(=O)OC(C)(C)C)(CC(=O)O)CC1. The summed E-state index contributed by atoms with van der Waals surface area (Å²) in [5.41, 5.74) is 0.422. The molecule has 1 rings (SSSR count). The van der Waals surface area contributed by atoms with E-state index in [0.717, 1.165) is 25.7 Å². The summed E-state index contributed by atoms with van der Waals surface area (Å²) in [6.07, 6.45) is 4.34. The summed E-state index contributed by atoms with van der Waals surface area (Å²) in [5.74, 6) is -1.03. The Labute approximate surface area is 121 Å². The fourth-order valence-electron chi connectivity index (χ4n) is 2.73. The second-order valence-electron chi connectivity index (χ2n) is 6.91. The Bertz CT molecular complexity index is 380. The van der Waals surface area contributed by atoms with Gasteiger partial charge in [-0.15, -0.1) is 0 Å². The maximum Gasteiger partial charge on any atom is 0.306 e. The van der Waals surface area contributed by atoms with E-state index in [2.05, 4.69) is 6.58 Å². The zero-order chi connectivity index (χ0) is 15.4. The standard InChI is InChI=1S/C16H26O4/c1-12-5-8-16(9-6-12,11-13(17)18)10-7-14(19)20-15(2,3)4/h1,5-11H2,2-4H3,(H,17,18). The van der Waals surface area contributed by atoms with Gasteiger partial charge in [0, 0.05) is 6.42 Å². The van der Waals surface area contributed by atoms with E-state index >= 15 is 0 Å². The molecule has 0 amide bonds. The molecule has 0 bridgehead atoms. The van der Waals surface area contributed by atoms with Crippen molar-refractivity contribution in [1.29, 1.82) is 0 Å². The van der Waals surface area contributed by atoms with Crippen LogP contribution in [-0.2, 0) is 14.3 Å². The summed E-state index contributed by atoms with van der Waals surface area (Å²) in [4.78, 5) is 22.9. The van der Waals surface area contributed by atoms with E-state index in [1.807, 2.05) is 20.8 Å². The van der Waals surface area contributed by atoms with Gasteiger partial charge in [0.1, 0.15) is 5.60 Å². The van der Waals surface area contributed by atoms with Crippen molar-refractivity contribution < 1.29 is 19.4 Å². The van der Waals surface area contributed by atoms with Gasteiger partial charge in [-0.1, -0.05) is 12.2 Å². The molecule has 0 spiro atoms. The van der Waals surface area contributed by atoms with Crippen molar-refractivity contribution in [1.82, 2.24) is 0 Å². The van der Waals surface area contributed by atoms with Crippen molar-refractivity contribution in [2.24, 2.45) is 5.41 Å². The Morgan fingerprint density at radius 1 is 1.30 bits per heavy atom. The molecule has 0 aromatic carbocycles. The molecular weight excluding hydrogens is 256 g/mol. The zero-order valence-electron chi connectivity index (χ0n) is 12.8. The molecule has 0 radical (unpaired) electrons. The van der Waals surface area contributed by atoms with Crippen molar-refractivity contribution in [2.45, 2.75) is 71.3 Å². The van der Waals surface area contributed by atoms with Crippen LogP contribution in [0.5, 0.6) is 0 Å². The van der Waals surface area contributed by atoms with Crippen molar-refractivity contribution >= 4 is 11.9 Å². The molecule has 0 unspecified atom stereocenters. The number of carboxylic acid groups (broad SMARTS) is 1. The Morgan fingerprint density at radius 2 is 1.85 bits per heavy atom. The van der Waals surface area contributed by atoms with Crippen LogP contribution in [0.4, 0.5) is 0 Å². The lowest BCUT2D eigenvalue weighted by molar-refractivity contribution is -0.156. The maximum absolute atomic E-state index is 11.8. The molecule has 4 nitrogen and oxygen atoms in total. The molecular formula is C16H26O4. The quantitative estimate of drug-likeness (QED) is 0.617. The number of carbonyl (C=O) groups excluding carboxylic acids is 1. The van der Waals surface area contributed by atoms with Crippen LogP contribution < -0.4 is 0 Å². The minimum Gasteiger partial charge on any atom is -0.481 e. The normalized spacial score (nSPS) is 18.6. The first-order chi connectivity index (χ1) is 9.12. The van der Waals surface area contributed by atoms with Crippen LogP contribution in [0.2, 0.25) is 0 Å². The highest BCUT2D eigenvalue weighted by Gasteiger charge is 2.36. The smallest absolute Gasteiger partial charge is 0.306 e. The molecule has 20 heavy (non-hydrogen) atoms. The van der Waals surface area contributed by atoms with Crippen LogP contribution in [0.25, 0.3) is 0 Å². The summed E-state index contributed by atoms with van der Waals surface area (Å²) in [5, 5.41) is 9.11. The zero-order valence-corrected chi connectivity index (χ0v) is 12.8. The summed E-state index contributed by atoms with van der Waals surface area (Å²) >= 11 is 0. The van der Waals surface area contributed by atoms with Crippen LogP contribution in [0, 0.1) is 5.41 Å². The molecule has 0 aromatic rings.